The van der Waals surface area contributed by atoms with Gasteiger partial charge >= 0.3 is 6.09 Å². The molecular formula is C30H41N3O4. The van der Waals surface area contributed by atoms with E-state index in [1.54, 1.807) is 32.6 Å². The van der Waals surface area contributed by atoms with Crippen molar-refractivity contribution in [2.75, 3.05) is 5.32 Å². The molecule has 3 amide bonds. The van der Waals surface area contributed by atoms with Crippen molar-refractivity contribution in [3.63, 3.8) is 0 Å². The summed E-state index contributed by atoms with van der Waals surface area (Å²) in [6.45, 7) is 15.0. The third-order valence-corrected chi connectivity index (χ3v) is 6.74. The van der Waals surface area contributed by atoms with Gasteiger partial charge in [-0.25, -0.2) is 4.79 Å². The number of benzene rings is 2. The van der Waals surface area contributed by atoms with E-state index in [0.29, 0.717) is 0 Å². The fraction of sp³-hybridized carbons (Fsp3) is 0.500. The monoisotopic (exact) mass is 507 g/mol. The van der Waals surface area contributed by atoms with Gasteiger partial charge in [-0.05, 0) is 82.6 Å². The molecule has 4 unspecified atom stereocenters. The molecule has 7 heteroatoms. The van der Waals surface area contributed by atoms with Crippen LogP contribution in [0.3, 0.4) is 0 Å². The highest BCUT2D eigenvalue weighted by molar-refractivity contribution is 6.00. The third kappa shape index (κ3) is 7.12. The fourth-order valence-corrected chi connectivity index (χ4v) is 4.52. The number of carbonyl (C=O) groups is 3. The summed E-state index contributed by atoms with van der Waals surface area (Å²) in [6.07, 6.45) is 1.00. The summed E-state index contributed by atoms with van der Waals surface area (Å²) < 4.78 is 5.36. The third-order valence-electron chi connectivity index (χ3n) is 6.74. The number of hydrogen-bond donors (Lipinski definition) is 2. The van der Waals surface area contributed by atoms with Crippen molar-refractivity contribution in [2.24, 2.45) is 5.92 Å². The maximum Gasteiger partial charge on any atom is 0.408 e. The molecule has 200 valence electrons. The Morgan fingerprint density at radius 2 is 1.62 bits per heavy atom. The van der Waals surface area contributed by atoms with Crippen LogP contribution in [0.5, 0.6) is 0 Å². The maximum absolute atomic E-state index is 14.0. The van der Waals surface area contributed by atoms with Crippen molar-refractivity contribution >= 4 is 23.6 Å². The topological polar surface area (TPSA) is 87.7 Å². The quantitative estimate of drug-likeness (QED) is 0.480. The first-order valence-corrected chi connectivity index (χ1v) is 13.1. The number of nitrogens with zero attached hydrogens (tertiary/aromatic N) is 1. The van der Waals surface area contributed by atoms with Crippen LogP contribution < -0.4 is 10.6 Å². The highest BCUT2D eigenvalue weighted by Gasteiger charge is 2.47. The second-order valence-corrected chi connectivity index (χ2v) is 11.1. The van der Waals surface area contributed by atoms with E-state index in [2.05, 4.69) is 24.5 Å². The number of amides is 3. The number of nitrogens with one attached hydrogen (secondary N) is 2. The van der Waals surface area contributed by atoms with E-state index < -0.39 is 23.8 Å². The molecule has 2 aromatic rings. The van der Waals surface area contributed by atoms with Crippen molar-refractivity contribution in [2.45, 2.75) is 92.0 Å². The zero-order valence-electron chi connectivity index (χ0n) is 23.3. The van der Waals surface area contributed by atoms with Gasteiger partial charge in [-0.3, -0.25) is 9.59 Å². The van der Waals surface area contributed by atoms with Gasteiger partial charge in [0.2, 0.25) is 5.91 Å². The lowest BCUT2D eigenvalue weighted by Crippen LogP contribution is -2.52. The minimum absolute atomic E-state index is 0.102. The Labute approximate surface area is 221 Å². The summed E-state index contributed by atoms with van der Waals surface area (Å²) in [5.41, 5.74) is 3.84. The van der Waals surface area contributed by atoms with E-state index >= 15 is 0 Å². The number of aryl methyl sites for hydroxylation is 3. The van der Waals surface area contributed by atoms with Crippen LogP contribution in [0.15, 0.2) is 42.5 Å². The molecule has 1 aliphatic rings. The zero-order valence-corrected chi connectivity index (χ0v) is 23.3. The summed E-state index contributed by atoms with van der Waals surface area (Å²) in [5, 5.41) is 5.77. The van der Waals surface area contributed by atoms with Gasteiger partial charge < -0.3 is 20.3 Å². The lowest BCUT2D eigenvalue weighted by molar-refractivity contribution is -0.141. The smallest absolute Gasteiger partial charge is 0.408 e. The average molecular weight is 508 g/mol. The van der Waals surface area contributed by atoms with E-state index in [-0.39, 0.29) is 23.8 Å². The molecule has 2 N–H and O–H groups in total. The highest BCUT2D eigenvalue weighted by Crippen LogP contribution is 2.41. The van der Waals surface area contributed by atoms with E-state index in [1.165, 1.54) is 0 Å². The lowest BCUT2D eigenvalue weighted by Gasteiger charge is -2.34. The number of anilines is 1. The SMILES string of the molecule is CCc1ccc(C(C(=O)Nc2c(C)cccc2C)N(C(=O)C(C)NC(=O)OC(C)(C)C)C2CC2C)cc1. The van der Waals surface area contributed by atoms with Crippen LogP contribution in [-0.4, -0.2) is 40.5 Å². The average Bonchev–Trinajstić information content (AvgIpc) is 3.53. The Balaban J connectivity index is 1.98. The minimum Gasteiger partial charge on any atom is -0.444 e. The van der Waals surface area contributed by atoms with Gasteiger partial charge in [0.15, 0.2) is 0 Å². The zero-order chi connectivity index (χ0) is 27.5. The Bertz CT molecular complexity index is 1120. The van der Waals surface area contributed by atoms with Crippen LogP contribution >= 0.6 is 0 Å². The first-order valence-electron chi connectivity index (χ1n) is 13.1. The molecule has 7 nitrogen and oxygen atoms in total. The number of para-hydroxylation sites is 1. The van der Waals surface area contributed by atoms with Crippen molar-refractivity contribution in [3.8, 4) is 0 Å². The fourth-order valence-electron chi connectivity index (χ4n) is 4.52. The molecule has 0 heterocycles. The Morgan fingerprint density at radius 3 is 2.11 bits per heavy atom. The molecule has 0 aromatic heterocycles. The van der Waals surface area contributed by atoms with Crippen molar-refractivity contribution in [3.05, 3.63) is 64.7 Å². The first kappa shape index (κ1) is 28.2. The first-order chi connectivity index (χ1) is 17.3. The molecule has 0 saturated heterocycles. The Morgan fingerprint density at radius 1 is 1.05 bits per heavy atom. The molecule has 4 atom stereocenters. The molecule has 0 aliphatic heterocycles. The largest absolute Gasteiger partial charge is 0.444 e. The Kier molecular flexibility index (Phi) is 8.67. The summed E-state index contributed by atoms with van der Waals surface area (Å²) in [6, 6.07) is 11.9. The number of ether oxygens (including phenoxy) is 1. The van der Waals surface area contributed by atoms with Crippen molar-refractivity contribution < 1.29 is 19.1 Å². The summed E-state index contributed by atoms with van der Waals surface area (Å²) >= 11 is 0. The van der Waals surface area contributed by atoms with Gasteiger partial charge in [-0.1, -0.05) is 56.3 Å². The predicted molar refractivity (Wildman–Crippen MR) is 146 cm³/mol. The summed E-state index contributed by atoms with van der Waals surface area (Å²) in [5.74, 6) is -0.344. The maximum atomic E-state index is 14.0. The predicted octanol–water partition coefficient (Wildman–Crippen LogP) is 5.70. The molecule has 3 rings (SSSR count). The number of rotatable bonds is 8. The second kappa shape index (κ2) is 11.4. The molecule has 1 fully saturated rings. The number of carbonyl (C=O) groups excluding carboxylic acids is 3. The van der Waals surface area contributed by atoms with Crippen LogP contribution in [0.25, 0.3) is 0 Å². The minimum atomic E-state index is -0.868. The van der Waals surface area contributed by atoms with Gasteiger partial charge in [0.1, 0.15) is 17.7 Å². The van der Waals surface area contributed by atoms with Crippen LogP contribution in [0.4, 0.5) is 10.5 Å². The van der Waals surface area contributed by atoms with Gasteiger partial charge in [0.05, 0.1) is 0 Å². The number of alkyl carbamates (subject to hydrolysis) is 1. The number of hydrogen-bond acceptors (Lipinski definition) is 4. The van der Waals surface area contributed by atoms with Crippen LogP contribution in [0.1, 0.15) is 76.3 Å². The molecule has 0 spiro atoms. The van der Waals surface area contributed by atoms with Gasteiger partial charge in [-0.15, -0.1) is 0 Å². The molecule has 2 aromatic carbocycles. The van der Waals surface area contributed by atoms with Crippen molar-refractivity contribution in [1.82, 2.24) is 10.2 Å². The molecule has 0 radical (unpaired) electrons. The van der Waals surface area contributed by atoms with Crippen LogP contribution in [0, 0.1) is 19.8 Å². The summed E-state index contributed by atoms with van der Waals surface area (Å²) in [7, 11) is 0. The second-order valence-electron chi connectivity index (χ2n) is 11.1. The Hall–Kier alpha value is -3.35. The lowest BCUT2D eigenvalue weighted by atomic mass is 9.99. The normalized spacial score (nSPS) is 18.4. The van der Waals surface area contributed by atoms with Crippen molar-refractivity contribution in [1.29, 1.82) is 0 Å². The van der Waals surface area contributed by atoms with Gasteiger partial charge in [0, 0.05) is 11.7 Å². The molecule has 1 aliphatic carbocycles. The molecule has 1 saturated carbocycles. The van der Waals surface area contributed by atoms with Gasteiger partial charge in [-0.2, -0.15) is 0 Å². The molecule has 37 heavy (non-hydrogen) atoms. The van der Waals surface area contributed by atoms with Crippen LogP contribution in [-0.2, 0) is 20.7 Å². The van der Waals surface area contributed by atoms with E-state index in [1.807, 2.05) is 56.3 Å². The molecular weight excluding hydrogens is 466 g/mol. The van der Waals surface area contributed by atoms with Gasteiger partial charge in [0.25, 0.3) is 5.91 Å². The van der Waals surface area contributed by atoms with Crippen LogP contribution in [0.2, 0.25) is 0 Å². The summed E-state index contributed by atoms with van der Waals surface area (Å²) in [4.78, 5) is 41.9. The van der Waals surface area contributed by atoms with E-state index in [0.717, 1.165) is 40.8 Å². The van der Waals surface area contributed by atoms with E-state index in [9.17, 15) is 14.4 Å². The molecule has 0 bridgehead atoms. The standard InChI is InChI=1S/C30H41N3O4/c1-9-22-13-15-23(16-14-22)26(27(34)32-25-18(2)11-10-12-19(25)3)33(24-17-20(24)4)28(35)21(5)31-29(36)37-30(6,7)8/h10-16,20-21,24,26H,9,17H2,1-8H3,(H,31,36)(H,32,34). The highest BCUT2D eigenvalue weighted by atomic mass is 16.6. The van der Waals surface area contributed by atoms with E-state index in [4.69, 9.17) is 4.74 Å².